The quantitative estimate of drug-likeness (QED) is 0.516. The van der Waals surface area contributed by atoms with Gasteiger partial charge in [-0.05, 0) is 6.42 Å². The zero-order chi connectivity index (χ0) is 8.55. The Morgan fingerprint density at radius 3 is 2.58 bits per heavy atom. The van der Waals surface area contributed by atoms with Crippen molar-refractivity contribution < 1.29 is 19.1 Å². The third kappa shape index (κ3) is 1.12. The van der Waals surface area contributed by atoms with Crippen molar-refractivity contribution in [3.63, 3.8) is 0 Å². The molecule has 2 rings (SSSR count). The lowest BCUT2D eigenvalue weighted by molar-refractivity contribution is -0.146. The molecule has 0 radical (unpaired) electrons. The molecule has 2 atom stereocenters. The van der Waals surface area contributed by atoms with Gasteiger partial charge in [0.25, 0.3) is 0 Å². The minimum Gasteiger partial charge on any atom is -0.465 e. The highest BCUT2D eigenvalue weighted by Gasteiger charge is 2.41. The average Bonchev–Trinajstić information content (AvgIpc) is 2.59. The number of rotatable bonds is 1. The Hall–Kier alpha value is -0.900. The van der Waals surface area contributed by atoms with Crippen molar-refractivity contribution >= 4 is 11.8 Å². The molecule has 2 unspecified atom stereocenters. The zero-order valence-electron chi connectivity index (χ0n) is 6.62. The summed E-state index contributed by atoms with van der Waals surface area (Å²) in [6, 6.07) is 0. The molecule has 0 spiro atoms. The summed E-state index contributed by atoms with van der Waals surface area (Å²) in [5.41, 5.74) is 0. The van der Waals surface area contributed by atoms with E-state index in [2.05, 4.69) is 0 Å². The first-order valence-electron chi connectivity index (χ1n) is 4.10. The number of Topliss-reactive ketones (excluding diaryl/α,β-unsaturated/α-hetero) is 1. The summed E-state index contributed by atoms with van der Waals surface area (Å²) in [4.78, 5) is 22.2. The lowest BCUT2D eigenvalue weighted by Gasteiger charge is -2.11. The van der Waals surface area contributed by atoms with Crippen LogP contribution in [0.3, 0.4) is 0 Å². The third-order valence-corrected chi connectivity index (χ3v) is 2.30. The van der Waals surface area contributed by atoms with Crippen molar-refractivity contribution in [2.45, 2.75) is 18.9 Å². The Balaban J connectivity index is 2.08. The molecule has 66 valence electrons. The highest BCUT2D eigenvalue weighted by atomic mass is 16.5. The Bertz CT molecular complexity index is 199. The lowest BCUT2D eigenvalue weighted by atomic mass is 9.98. The van der Waals surface area contributed by atoms with Gasteiger partial charge >= 0.3 is 5.97 Å². The Morgan fingerprint density at radius 2 is 2.08 bits per heavy atom. The van der Waals surface area contributed by atoms with Crippen molar-refractivity contribution in [1.82, 2.24) is 0 Å². The average molecular weight is 170 g/mol. The molecule has 12 heavy (non-hydrogen) atoms. The van der Waals surface area contributed by atoms with Crippen LogP contribution in [0.1, 0.15) is 12.8 Å². The number of hydrogen-bond donors (Lipinski definition) is 0. The third-order valence-electron chi connectivity index (χ3n) is 2.30. The van der Waals surface area contributed by atoms with Crippen molar-refractivity contribution in [2.24, 2.45) is 5.92 Å². The Morgan fingerprint density at radius 1 is 1.25 bits per heavy atom. The molecule has 0 bridgehead atoms. The van der Waals surface area contributed by atoms with Gasteiger partial charge in [-0.15, -0.1) is 0 Å². The predicted octanol–water partition coefficient (Wildman–Crippen LogP) is -0.0925. The van der Waals surface area contributed by atoms with Crippen LogP contribution in [0.4, 0.5) is 0 Å². The fraction of sp³-hybridized carbons (Fsp3) is 0.750. The monoisotopic (exact) mass is 170 g/mol. The van der Waals surface area contributed by atoms with E-state index in [0.29, 0.717) is 26.1 Å². The number of cyclic esters (lactones) is 1. The normalized spacial score (nSPS) is 35.7. The molecule has 0 aromatic heterocycles. The maximum atomic E-state index is 11.2. The van der Waals surface area contributed by atoms with Crippen LogP contribution in [0.2, 0.25) is 0 Å². The molecule has 0 aliphatic carbocycles. The van der Waals surface area contributed by atoms with Crippen LogP contribution in [-0.2, 0) is 19.1 Å². The van der Waals surface area contributed by atoms with Crippen LogP contribution in [0.15, 0.2) is 0 Å². The van der Waals surface area contributed by atoms with E-state index in [1.54, 1.807) is 0 Å². The number of hydrogen-bond acceptors (Lipinski definition) is 4. The van der Waals surface area contributed by atoms with Gasteiger partial charge in [0.05, 0.1) is 19.1 Å². The van der Waals surface area contributed by atoms with Gasteiger partial charge in [-0.3, -0.25) is 9.59 Å². The van der Waals surface area contributed by atoms with E-state index in [1.165, 1.54) is 0 Å². The lowest BCUT2D eigenvalue weighted by Crippen LogP contribution is -2.29. The molecule has 0 aromatic carbocycles. The van der Waals surface area contributed by atoms with Gasteiger partial charge in [-0.25, -0.2) is 0 Å². The van der Waals surface area contributed by atoms with E-state index in [1.807, 2.05) is 0 Å². The van der Waals surface area contributed by atoms with Gasteiger partial charge in [-0.1, -0.05) is 0 Å². The molecular formula is C8H10O4. The molecule has 2 aliphatic rings. The van der Waals surface area contributed by atoms with E-state index in [9.17, 15) is 9.59 Å². The summed E-state index contributed by atoms with van der Waals surface area (Å²) in [6.45, 7) is 0.879. The second-order valence-electron chi connectivity index (χ2n) is 3.07. The smallest absolute Gasteiger partial charge is 0.312 e. The highest BCUT2D eigenvalue weighted by molar-refractivity contribution is 5.90. The summed E-state index contributed by atoms with van der Waals surface area (Å²) >= 11 is 0. The Kier molecular flexibility index (Phi) is 1.84. The van der Waals surface area contributed by atoms with Gasteiger partial charge < -0.3 is 9.47 Å². The fourth-order valence-electron chi connectivity index (χ4n) is 1.65. The second-order valence-corrected chi connectivity index (χ2v) is 3.07. The highest BCUT2D eigenvalue weighted by Crippen LogP contribution is 2.25. The number of carbonyl (C=O) groups is 2. The number of ketones is 1. The first kappa shape index (κ1) is 7.73. The van der Waals surface area contributed by atoms with Gasteiger partial charge in [0, 0.05) is 6.42 Å². The van der Waals surface area contributed by atoms with E-state index >= 15 is 0 Å². The van der Waals surface area contributed by atoms with Crippen LogP contribution >= 0.6 is 0 Å². The molecule has 0 saturated carbocycles. The summed E-state index contributed by atoms with van der Waals surface area (Å²) in [6.07, 6.45) is 0.545. The van der Waals surface area contributed by atoms with Crippen LogP contribution in [0.5, 0.6) is 0 Å². The van der Waals surface area contributed by atoms with Gasteiger partial charge in [-0.2, -0.15) is 0 Å². The largest absolute Gasteiger partial charge is 0.465 e. The predicted molar refractivity (Wildman–Crippen MR) is 38.4 cm³/mol. The van der Waals surface area contributed by atoms with Crippen LogP contribution in [0, 0.1) is 5.92 Å². The molecule has 2 fully saturated rings. The minimum absolute atomic E-state index is 0.0406. The number of carbonyl (C=O) groups excluding carboxylic acids is 2. The van der Waals surface area contributed by atoms with Gasteiger partial charge in [0.15, 0.2) is 5.78 Å². The molecule has 0 aromatic rings. The van der Waals surface area contributed by atoms with Crippen LogP contribution in [-0.4, -0.2) is 31.1 Å². The topological polar surface area (TPSA) is 52.6 Å². The molecule has 2 aliphatic heterocycles. The van der Waals surface area contributed by atoms with Crippen molar-refractivity contribution in [1.29, 1.82) is 0 Å². The van der Waals surface area contributed by atoms with Gasteiger partial charge in [0.2, 0.25) is 0 Å². The first-order valence-corrected chi connectivity index (χ1v) is 4.10. The molecule has 2 saturated heterocycles. The SMILES string of the molecule is O=C1OCCC1C1OCCC1=O. The Labute approximate surface area is 69.8 Å². The van der Waals surface area contributed by atoms with Crippen LogP contribution in [0.25, 0.3) is 0 Å². The first-order chi connectivity index (χ1) is 5.79. The number of esters is 1. The summed E-state index contributed by atoms with van der Waals surface area (Å²) in [5, 5.41) is 0. The molecule has 4 nitrogen and oxygen atoms in total. The van der Waals surface area contributed by atoms with E-state index in [-0.39, 0.29) is 17.7 Å². The molecular weight excluding hydrogens is 160 g/mol. The second kappa shape index (κ2) is 2.86. The maximum Gasteiger partial charge on any atom is 0.312 e. The van der Waals surface area contributed by atoms with Crippen molar-refractivity contribution in [3.8, 4) is 0 Å². The van der Waals surface area contributed by atoms with Crippen molar-refractivity contribution in [3.05, 3.63) is 0 Å². The van der Waals surface area contributed by atoms with E-state index in [0.717, 1.165) is 0 Å². The minimum atomic E-state index is -0.514. The summed E-state index contributed by atoms with van der Waals surface area (Å²) in [7, 11) is 0. The standard InChI is InChI=1S/C8H10O4/c9-6-2-4-11-7(6)5-1-3-12-8(5)10/h5,7H,1-4H2. The van der Waals surface area contributed by atoms with Crippen molar-refractivity contribution in [2.75, 3.05) is 13.2 Å². The van der Waals surface area contributed by atoms with Gasteiger partial charge in [0.1, 0.15) is 6.10 Å². The summed E-state index contributed by atoms with van der Waals surface area (Å²) < 4.78 is 9.92. The molecule has 0 N–H and O–H groups in total. The van der Waals surface area contributed by atoms with Crippen LogP contribution < -0.4 is 0 Å². The zero-order valence-corrected chi connectivity index (χ0v) is 6.62. The summed E-state index contributed by atoms with van der Waals surface area (Å²) in [5.74, 6) is -0.575. The molecule has 4 heteroatoms. The molecule has 2 heterocycles. The fourth-order valence-corrected chi connectivity index (χ4v) is 1.65. The van der Waals surface area contributed by atoms with E-state index < -0.39 is 6.10 Å². The maximum absolute atomic E-state index is 11.2. The molecule has 0 amide bonds. The number of ether oxygens (including phenoxy) is 2. The van der Waals surface area contributed by atoms with E-state index in [4.69, 9.17) is 9.47 Å².